The predicted molar refractivity (Wildman–Crippen MR) is 170 cm³/mol. The molecular weight excluding hydrogens is 530 g/mol. The number of nitrogens with zero attached hydrogens (tertiary/aromatic N) is 3. The third-order valence-corrected chi connectivity index (χ3v) is 8.80. The smallest absolute Gasteiger partial charge is 0.146 e. The van der Waals surface area contributed by atoms with Crippen molar-refractivity contribution in [1.29, 1.82) is 0 Å². The van der Waals surface area contributed by atoms with Gasteiger partial charge in [0.2, 0.25) is 0 Å². The number of rotatable bonds is 6. The Balaban J connectivity index is 1.36. The van der Waals surface area contributed by atoms with E-state index in [0.29, 0.717) is 5.92 Å². The van der Waals surface area contributed by atoms with E-state index in [4.69, 9.17) is 21.6 Å². The van der Waals surface area contributed by atoms with Crippen LogP contribution in [0.3, 0.4) is 0 Å². The maximum Gasteiger partial charge on any atom is 0.146 e. The van der Waals surface area contributed by atoms with Gasteiger partial charge >= 0.3 is 0 Å². The summed E-state index contributed by atoms with van der Waals surface area (Å²) < 4.78 is 0. The Hall–Kier alpha value is -3.73. The van der Waals surface area contributed by atoms with Gasteiger partial charge in [-0.2, -0.15) is 0 Å². The van der Waals surface area contributed by atoms with Crippen LogP contribution < -0.4 is 0 Å². The topological polar surface area (TPSA) is 28.5 Å². The Morgan fingerprint density at radius 3 is 2.15 bits per heavy atom. The number of aliphatic imine (C=N–C) groups is 1. The molecular formula is C35H32ClN3S. The largest absolute Gasteiger partial charge is 0.356 e. The second kappa shape index (κ2) is 12.2. The summed E-state index contributed by atoms with van der Waals surface area (Å²) in [7, 11) is 0. The Kier molecular flexibility index (Phi) is 8.08. The Labute approximate surface area is 245 Å². The standard InChI is InChI=1S/C35H32ClN3S/c1-25-12-14-29(15-13-25)33(39-22-20-27(21-23-39)24-26-8-4-2-5-9-26)38-35-32(28-10-6-3-7-11-28)37-34(40-35)30-16-18-31(36)19-17-30/h2-19,27H,20-24H2,1H3. The van der Waals surface area contributed by atoms with Gasteiger partial charge in [-0.1, -0.05) is 126 Å². The molecule has 0 atom stereocenters. The zero-order valence-corrected chi connectivity index (χ0v) is 24.2. The van der Waals surface area contributed by atoms with Gasteiger partial charge in [0, 0.05) is 34.8 Å². The van der Waals surface area contributed by atoms with E-state index in [9.17, 15) is 0 Å². The average Bonchev–Trinajstić information content (AvgIpc) is 3.42. The lowest BCUT2D eigenvalue weighted by molar-refractivity contribution is 0.265. The molecule has 0 spiro atoms. The van der Waals surface area contributed by atoms with E-state index in [1.54, 1.807) is 11.3 Å². The highest BCUT2D eigenvalue weighted by molar-refractivity contribution is 7.19. The van der Waals surface area contributed by atoms with Crippen molar-refractivity contribution in [3.63, 3.8) is 0 Å². The zero-order valence-electron chi connectivity index (χ0n) is 22.6. The summed E-state index contributed by atoms with van der Waals surface area (Å²) in [6.07, 6.45) is 3.46. The molecule has 0 unspecified atom stereocenters. The van der Waals surface area contributed by atoms with Crippen LogP contribution in [0, 0.1) is 12.8 Å². The van der Waals surface area contributed by atoms with Crippen LogP contribution in [0.25, 0.3) is 21.8 Å². The molecule has 1 aliphatic rings. The summed E-state index contributed by atoms with van der Waals surface area (Å²) in [5, 5.41) is 2.59. The molecule has 0 N–H and O–H groups in total. The molecule has 5 heteroatoms. The SMILES string of the molecule is Cc1ccc(C(=Nc2sc(-c3ccc(Cl)cc3)nc2-c2ccccc2)N2CCC(Cc3ccccc3)CC2)cc1. The molecule has 0 saturated carbocycles. The minimum Gasteiger partial charge on any atom is -0.356 e. The molecule has 1 fully saturated rings. The van der Waals surface area contributed by atoms with E-state index < -0.39 is 0 Å². The number of piperidine rings is 1. The molecule has 200 valence electrons. The predicted octanol–water partition coefficient (Wildman–Crippen LogP) is 9.47. The highest BCUT2D eigenvalue weighted by atomic mass is 35.5. The number of amidine groups is 1. The molecule has 0 aliphatic carbocycles. The van der Waals surface area contributed by atoms with Crippen LogP contribution in [0.4, 0.5) is 5.00 Å². The average molecular weight is 562 g/mol. The molecule has 1 saturated heterocycles. The number of halogens is 1. The van der Waals surface area contributed by atoms with Gasteiger partial charge in [0.15, 0.2) is 0 Å². The second-order valence-corrected chi connectivity index (χ2v) is 11.9. The molecule has 1 aliphatic heterocycles. The van der Waals surface area contributed by atoms with Gasteiger partial charge in [0.05, 0.1) is 0 Å². The Bertz CT molecular complexity index is 1570. The Morgan fingerprint density at radius 2 is 1.48 bits per heavy atom. The maximum absolute atomic E-state index is 6.18. The first-order valence-corrected chi connectivity index (χ1v) is 15.1. The van der Waals surface area contributed by atoms with E-state index in [0.717, 1.165) is 75.6 Å². The molecule has 6 rings (SSSR count). The third-order valence-electron chi connectivity index (χ3n) is 7.55. The van der Waals surface area contributed by atoms with Gasteiger partial charge in [-0.25, -0.2) is 9.98 Å². The fraction of sp³-hybridized carbons (Fsp3) is 0.200. The fourth-order valence-electron chi connectivity index (χ4n) is 5.30. The summed E-state index contributed by atoms with van der Waals surface area (Å²) in [5.41, 5.74) is 6.86. The van der Waals surface area contributed by atoms with Crippen molar-refractivity contribution in [2.75, 3.05) is 13.1 Å². The highest BCUT2D eigenvalue weighted by Crippen LogP contribution is 2.41. The van der Waals surface area contributed by atoms with Gasteiger partial charge in [-0.05, 0) is 49.8 Å². The summed E-state index contributed by atoms with van der Waals surface area (Å²) >= 11 is 7.81. The van der Waals surface area contributed by atoms with Crippen LogP contribution in [0.5, 0.6) is 0 Å². The van der Waals surface area contributed by atoms with Gasteiger partial charge in [-0.3, -0.25) is 0 Å². The van der Waals surface area contributed by atoms with Crippen LogP contribution in [0.15, 0.2) is 114 Å². The number of likely N-dealkylation sites (tertiary alicyclic amines) is 1. The van der Waals surface area contributed by atoms with Crippen LogP contribution in [-0.4, -0.2) is 28.8 Å². The van der Waals surface area contributed by atoms with Crippen molar-refractivity contribution in [2.45, 2.75) is 26.2 Å². The van der Waals surface area contributed by atoms with E-state index in [1.165, 1.54) is 11.1 Å². The molecule has 0 bridgehead atoms. The highest BCUT2D eigenvalue weighted by Gasteiger charge is 2.24. The molecule has 40 heavy (non-hydrogen) atoms. The zero-order chi connectivity index (χ0) is 27.3. The maximum atomic E-state index is 6.18. The minimum absolute atomic E-state index is 0.692. The number of hydrogen-bond acceptors (Lipinski definition) is 3. The molecule has 3 nitrogen and oxygen atoms in total. The van der Waals surface area contributed by atoms with E-state index in [1.807, 2.05) is 30.3 Å². The van der Waals surface area contributed by atoms with Crippen molar-refractivity contribution < 1.29 is 0 Å². The van der Waals surface area contributed by atoms with Crippen molar-refractivity contribution in [3.8, 4) is 21.8 Å². The molecule has 5 aromatic rings. The number of benzene rings is 4. The summed E-state index contributed by atoms with van der Waals surface area (Å²) in [4.78, 5) is 13.0. The van der Waals surface area contributed by atoms with E-state index in [2.05, 4.69) is 90.7 Å². The lowest BCUT2D eigenvalue weighted by atomic mass is 9.90. The number of aryl methyl sites for hydroxylation is 1. The number of hydrogen-bond donors (Lipinski definition) is 0. The lowest BCUT2D eigenvalue weighted by Gasteiger charge is -2.34. The Morgan fingerprint density at radius 1 is 0.825 bits per heavy atom. The summed E-state index contributed by atoms with van der Waals surface area (Å²) in [6.45, 7) is 4.12. The van der Waals surface area contributed by atoms with E-state index >= 15 is 0 Å². The van der Waals surface area contributed by atoms with Gasteiger partial charge < -0.3 is 4.90 Å². The third kappa shape index (κ3) is 6.19. The molecule has 1 aromatic heterocycles. The summed E-state index contributed by atoms with van der Waals surface area (Å²) in [5.74, 6) is 1.72. The van der Waals surface area contributed by atoms with E-state index in [-0.39, 0.29) is 0 Å². The fourth-order valence-corrected chi connectivity index (χ4v) is 6.39. The number of aromatic nitrogens is 1. The second-order valence-electron chi connectivity index (χ2n) is 10.5. The normalized spacial score (nSPS) is 14.4. The van der Waals surface area contributed by atoms with Crippen molar-refractivity contribution in [1.82, 2.24) is 9.88 Å². The van der Waals surface area contributed by atoms with Crippen molar-refractivity contribution >= 4 is 33.8 Å². The first kappa shape index (κ1) is 26.5. The quantitative estimate of drug-likeness (QED) is 0.152. The van der Waals surface area contributed by atoms with Crippen molar-refractivity contribution in [2.24, 2.45) is 10.9 Å². The molecule has 0 radical (unpaired) electrons. The van der Waals surface area contributed by atoms with Crippen LogP contribution in [0.1, 0.15) is 29.5 Å². The van der Waals surface area contributed by atoms with Crippen molar-refractivity contribution in [3.05, 3.63) is 131 Å². The van der Waals surface area contributed by atoms with Gasteiger partial charge in [0.25, 0.3) is 0 Å². The molecule has 2 heterocycles. The summed E-state index contributed by atoms with van der Waals surface area (Å²) in [6, 6.07) is 37.9. The van der Waals surface area contributed by atoms with Crippen LogP contribution in [-0.2, 0) is 6.42 Å². The first-order valence-electron chi connectivity index (χ1n) is 13.9. The van der Waals surface area contributed by atoms with Crippen LogP contribution in [0.2, 0.25) is 5.02 Å². The first-order chi connectivity index (χ1) is 19.6. The van der Waals surface area contributed by atoms with Gasteiger partial charge in [0.1, 0.15) is 21.5 Å². The van der Waals surface area contributed by atoms with Crippen LogP contribution >= 0.6 is 22.9 Å². The monoisotopic (exact) mass is 561 g/mol. The van der Waals surface area contributed by atoms with Gasteiger partial charge in [-0.15, -0.1) is 0 Å². The number of thiazole rings is 1. The molecule has 0 amide bonds. The lowest BCUT2D eigenvalue weighted by Crippen LogP contribution is -2.39. The minimum atomic E-state index is 0.692. The molecule has 4 aromatic carbocycles.